The first-order chi connectivity index (χ1) is 14.5. The van der Waals surface area contributed by atoms with Gasteiger partial charge in [-0.15, -0.1) is 10.2 Å². The summed E-state index contributed by atoms with van der Waals surface area (Å²) >= 11 is 0. The van der Waals surface area contributed by atoms with Gasteiger partial charge in [-0.25, -0.2) is 8.78 Å². The van der Waals surface area contributed by atoms with E-state index in [1.165, 1.54) is 6.07 Å². The first kappa shape index (κ1) is 24.2. The number of halogens is 4. The molecule has 0 saturated heterocycles. The van der Waals surface area contributed by atoms with E-state index in [0.29, 0.717) is 5.69 Å². The molecule has 7 nitrogen and oxygen atoms in total. The minimum absolute atomic E-state index is 0.0465. The lowest BCUT2D eigenvalue weighted by molar-refractivity contribution is -0.148. The number of hydrogen-bond donors (Lipinski definition) is 1. The van der Waals surface area contributed by atoms with Crippen LogP contribution in [0.25, 0.3) is 0 Å². The van der Waals surface area contributed by atoms with Crippen LogP contribution in [-0.2, 0) is 11.2 Å². The van der Waals surface area contributed by atoms with Crippen molar-refractivity contribution in [3.63, 3.8) is 0 Å². The van der Waals surface area contributed by atoms with Crippen LogP contribution in [0.2, 0.25) is 0 Å². The number of alkyl halides is 4. The molecule has 11 heteroatoms. The highest BCUT2D eigenvalue weighted by molar-refractivity contribution is 5.92. The van der Waals surface area contributed by atoms with Crippen LogP contribution >= 0.6 is 0 Å². The van der Waals surface area contributed by atoms with Crippen LogP contribution in [0.1, 0.15) is 48.6 Å². The Bertz CT molecular complexity index is 908. The second-order valence-electron chi connectivity index (χ2n) is 7.18. The topological polar surface area (TPSA) is 94.1 Å². The van der Waals surface area contributed by atoms with E-state index < -0.39 is 36.8 Å². The molecule has 168 valence electrons. The fraction of sp³-hybridized carbons (Fsp3) is 0.450. The predicted molar refractivity (Wildman–Crippen MR) is 102 cm³/mol. The van der Waals surface area contributed by atoms with Crippen LogP contribution in [0.4, 0.5) is 17.6 Å². The molecular formula is C20H22F4N4O3. The summed E-state index contributed by atoms with van der Waals surface area (Å²) in [6, 6.07) is 5.21. The Morgan fingerprint density at radius 1 is 1.13 bits per heavy atom. The molecule has 1 N–H and O–H groups in total. The highest BCUT2D eigenvalue weighted by Crippen LogP contribution is 2.23. The van der Waals surface area contributed by atoms with Crippen molar-refractivity contribution in [1.29, 1.82) is 0 Å². The highest BCUT2D eigenvalue weighted by Gasteiger charge is 2.41. The largest absolute Gasteiger partial charge is 0.470 e. The summed E-state index contributed by atoms with van der Waals surface area (Å²) in [6.45, 7) is 3.76. The Labute approximate surface area is 176 Å². The summed E-state index contributed by atoms with van der Waals surface area (Å²) in [5.41, 5.74) is 1.18. The van der Waals surface area contributed by atoms with E-state index in [-0.39, 0.29) is 23.8 Å². The summed E-state index contributed by atoms with van der Waals surface area (Å²) in [6.07, 6.45) is -2.14. The van der Waals surface area contributed by atoms with Gasteiger partial charge in [-0.1, -0.05) is 13.8 Å². The molecule has 2 heterocycles. The Kier molecular flexibility index (Phi) is 8.01. The maximum Gasteiger partial charge on any atom is 0.340 e. The molecule has 0 aromatic carbocycles. The maximum atomic E-state index is 12.9. The van der Waals surface area contributed by atoms with Crippen molar-refractivity contribution in [2.75, 3.05) is 6.61 Å². The van der Waals surface area contributed by atoms with Crippen LogP contribution in [0, 0.1) is 5.92 Å². The Balaban J connectivity index is 1.98. The first-order valence-electron chi connectivity index (χ1n) is 9.40. The third kappa shape index (κ3) is 6.97. The van der Waals surface area contributed by atoms with Crippen molar-refractivity contribution in [2.24, 2.45) is 5.92 Å². The minimum Gasteiger partial charge on any atom is -0.470 e. The number of carbonyl (C=O) groups is 2. The minimum atomic E-state index is -4.32. The number of ketones is 1. The molecule has 2 aromatic heterocycles. The third-order valence-electron chi connectivity index (χ3n) is 4.29. The van der Waals surface area contributed by atoms with E-state index >= 15 is 0 Å². The van der Waals surface area contributed by atoms with Crippen LogP contribution < -0.4 is 10.1 Å². The van der Waals surface area contributed by atoms with Crippen molar-refractivity contribution in [3.8, 4) is 5.88 Å². The number of rotatable bonds is 10. The fourth-order valence-electron chi connectivity index (χ4n) is 2.35. The van der Waals surface area contributed by atoms with Gasteiger partial charge >= 0.3 is 12.3 Å². The number of ether oxygens (including phenoxy) is 1. The van der Waals surface area contributed by atoms with Gasteiger partial charge in [-0.3, -0.25) is 14.6 Å². The molecule has 1 amide bonds. The van der Waals surface area contributed by atoms with Crippen LogP contribution in [-0.4, -0.2) is 45.8 Å². The average molecular weight is 442 g/mol. The number of nitrogens with zero attached hydrogens (tertiary/aromatic N) is 3. The van der Waals surface area contributed by atoms with Crippen LogP contribution in [0.3, 0.4) is 0 Å². The fourth-order valence-corrected chi connectivity index (χ4v) is 2.35. The van der Waals surface area contributed by atoms with E-state index in [4.69, 9.17) is 0 Å². The first-order valence-corrected chi connectivity index (χ1v) is 9.40. The van der Waals surface area contributed by atoms with Crippen molar-refractivity contribution >= 4 is 11.7 Å². The zero-order valence-corrected chi connectivity index (χ0v) is 17.1. The molecule has 1 atom stereocenters. The van der Waals surface area contributed by atoms with Crippen LogP contribution in [0.15, 0.2) is 30.5 Å². The predicted octanol–water partition coefficient (Wildman–Crippen LogP) is 3.41. The zero-order valence-electron chi connectivity index (χ0n) is 17.1. The number of aromatic nitrogens is 3. The van der Waals surface area contributed by atoms with Crippen molar-refractivity contribution in [2.45, 2.75) is 45.6 Å². The summed E-state index contributed by atoms with van der Waals surface area (Å²) in [5, 5.41) is 9.71. The number of Topliss-reactive ketones (excluding diaryl/α,β-unsaturated/α-hetero) is 1. The van der Waals surface area contributed by atoms with E-state index in [1.807, 2.05) is 0 Å². The molecule has 0 fully saturated rings. The van der Waals surface area contributed by atoms with Gasteiger partial charge in [0.15, 0.2) is 12.3 Å². The second kappa shape index (κ2) is 10.3. The Morgan fingerprint density at radius 2 is 1.84 bits per heavy atom. The van der Waals surface area contributed by atoms with Gasteiger partial charge in [-0.2, -0.15) is 8.78 Å². The molecule has 2 aromatic rings. The van der Waals surface area contributed by atoms with Crippen molar-refractivity contribution in [3.05, 3.63) is 47.4 Å². The Morgan fingerprint density at radius 3 is 2.42 bits per heavy atom. The monoisotopic (exact) mass is 442 g/mol. The van der Waals surface area contributed by atoms with Gasteiger partial charge in [0.2, 0.25) is 5.88 Å². The molecule has 0 aliphatic carbocycles. The lowest BCUT2D eigenvalue weighted by Crippen LogP contribution is -2.34. The number of pyridine rings is 1. The quantitative estimate of drug-likeness (QED) is 0.567. The molecule has 0 aliphatic heterocycles. The summed E-state index contributed by atoms with van der Waals surface area (Å²) in [4.78, 5) is 28.4. The number of amides is 1. The van der Waals surface area contributed by atoms with Gasteiger partial charge < -0.3 is 10.1 Å². The molecular weight excluding hydrogens is 420 g/mol. The van der Waals surface area contributed by atoms with Gasteiger partial charge in [0.1, 0.15) is 5.78 Å². The maximum absolute atomic E-state index is 12.9. The van der Waals surface area contributed by atoms with Crippen molar-refractivity contribution in [1.82, 2.24) is 20.5 Å². The molecule has 0 spiro atoms. The van der Waals surface area contributed by atoms with E-state index in [1.54, 1.807) is 39.1 Å². The number of hydrogen-bond acceptors (Lipinski definition) is 6. The molecule has 0 radical (unpaired) electrons. The lowest BCUT2D eigenvalue weighted by Gasteiger charge is -2.16. The second-order valence-corrected chi connectivity index (χ2v) is 7.18. The highest BCUT2D eigenvalue weighted by atomic mass is 19.3. The summed E-state index contributed by atoms with van der Waals surface area (Å²) in [7, 11) is 0. The third-order valence-corrected chi connectivity index (χ3v) is 4.29. The van der Waals surface area contributed by atoms with Gasteiger partial charge in [0.05, 0.1) is 6.04 Å². The van der Waals surface area contributed by atoms with E-state index in [9.17, 15) is 27.2 Å². The molecule has 31 heavy (non-hydrogen) atoms. The van der Waals surface area contributed by atoms with Gasteiger partial charge in [0, 0.05) is 30.3 Å². The number of nitrogens with one attached hydrogen (secondary N) is 1. The van der Waals surface area contributed by atoms with E-state index in [0.717, 1.165) is 11.6 Å². The Hall–Kier alpha value is -3.11. The zero-order chi connectivity index (χ0) is 23.2. The van der Waals surface area contributed by atoms with Gasteiger partial charge in [-0.05, 0) is 30.7 Å². The average Bonchev–Trinajstić information content (AvgIpc) is 2.72. The molecule has 1 unspecified atom stereocenters. The summed E-state index contributed by atoms with van der Waals surface area (Å²) in [5.74, 6) is -5.41. The smallest absolute Gasteiger partial charge is 0.340 e. The number of carbonyl (C=O) groups excluding carboxylic acids is 2. The van der Waals surface area contributed by atoms with Crippen LogP contribution in [0.5, 0.6) is 5.88 Å². The molecule has 0 bridgehead atoms. The molecule has 2 rings (SSSR count). The van der Waals surface area contributed by atoms with E-state index in [2.05, 4.69) is 25.2 Å². The SMILES string of the molecule is CC(C)C(=O)Cc1cc(C(C)NC(=O)c2ccc(OCC(F)(F)C(F)F)nn2)ccn1. The summed E-state index contributed by atoms with van der Waals surface area (Å²) < 4.78 is 54.5. The normalized spacial score (nSPS) is 12.7. The lowest BCUT2D eigenvalue weighted by atomic mass is 10.0. The molecule has 0 saturated carbocycles. The van der Waals surface area contributed by atoms with Gasteiger partial charge in [0.25, 0.3) is 5.91 Å². The molecule has 0 aliphatic rings. The van der Waals surface area contributed by atoms with Crippen molar-refractivity contribution < 1.29 is 31.9 Å². The standard InChI is InChI=1S/C20H22F4N4O3/c1-11(2)16(29)9-14-8-13(6-7-25-14)12(3)26-18(30)15-4-5-17(28-27-15)31-10-20(23,24)19(21)22/h4-8,11-12,19H,9-10H2,1-3H3,(H,26,30).